The van der Waals surface area contributed by atoms with Crippen molar-refractivity contribution >= 4 is 11.4 Å². The summed E-state index contributed by atoms with van der Waals surface area (Å²) in [5.74, 6) is 0. The maximum absolute atomic E-state index is 5.84. The summed E-state index contributed by atoms with van der Waals surface area (Å²) in [5, 5.41) is 3.39. The SMILES string of the molecule is C[C@H](Cc1ccccc1)Nc1ccncc1N. The van der Waals surface area contributed by atoms with Gasteiger partial charge in [0.25, 0.3) is 0 Å². The Labute approximate surface area is 102 Å². The van der Waals surface area contributed by atoms with Crippen LogP contribution in [-0.4, -0.2) is 11.0 Å². The van der Waals surface area contributed by atoms with Gasteiger partial charge in [-0.05, 0) is 25.0 Å². The normalized spacial score (nSPS) is 12.1. The molecular formula is C14H17N3. The summed E-state index contributed by atoms with van der Waals surface area (Å²) in [7, 11) is 0. The highest BCUT2D eigenvalue weighted by Gasteiger charge is 2.05. The number of nitrogens with two attached hydrogens (primary N) is 1. The van der Waals surface area contributed by atoms with E-state index < -0.39 is 0 Å². The molecule has 0 saturated heterocycles. The van der Waals surface area contributed by atoms with Crippen LogP contribution in [-0.2, 0) is 6.42 Å². The van der Waals surface area contributed by atoms with Crippen molar-refractivity contribution in [1.82, 2.24) is 4.98 Å². The summed E-state index contributed by atoms with van der Waals surface area (Å²) in [5.41, 5.74) is 8.79. The van der Waals surface area contributed by atoms with Crippen molar-refractivity contribution in [2.24, 2.45) is 0 Å². The van der Waals surface area contributed by atoms with Gasteiger partial charge < -0.3 is 11.1 Å². The van der Waals surface area contributed by atoms with Gasteiger partial charge >= 0.3 is 0 Å². The molecule has 0 spiro atoms. The molecule has 0 fully saturated rings. The molecule has 17 heavy (non-hydrogen) atoms. The van der Waals surface area contributed by atoms with E-state index >= 15 is 0 Å². The van der Waals surface area contributed by atoms with E-state index in [4.69, 9.17) is 5.73 Å². The van der Waals surface area contributed by atoms with Gasteiger partial charge in [-0.15, -0.1) is 0 Å². The molecule has 1 heterocycles. The lowest BCUT2D eigenvalue weighted by molar-refractivity contribution is 0.790. The summed E-state index contributed by atoms with van der Waals surface area (Å²) in [4.78, 5) is 3.97. The Balaban J connectivity index is 1.98. The van der Waals surface area contributed by atoms with Gasteiger partial charge in [-0.2, -0.15) is 0 Å². The second kappa shape index (κ2) is 5.34. The minimum absolute atomic E-state index is 0.335. The van der Waals surface area contributed by atoms with E-state index in [-0.39, 0.29) is 0 Å². The van der Waals surface area contributed by atoms with Crippen molar-refractivity contribution in [2.45, 2.75) is 19.4 Å². The van der Waals surface area contributed by atoms with Crippen molar-refractivity contribution in [3.05, 3.63) is 54.4 Å². The average molecular weight is 227 g/mol. The van der Waals surface area contributed by atoms with Crippen molar-refractivity contribution in [2.75, 3.05) is 11.1 Å². The first kappa shape index (κ1) is 11.5. The molecule has 3 N–H and O–H groups in total. The van der Waals surface area contributed by atoms with E-state index in [1.165, 1.54) is 5.56 Å². The van der Waals surface area contributed by atoms with Crippen LogP contribution in [0.25, 0.3) is 0 Å². The molecule has 1 aromatic carbocycles. The molecule has 0 unspecified atom stereocenters. The van der Waals surface area contributed by atoms with E-state index in [1.54, 1.807) is 12.4 Å². The second-order valence-corrected chi connectivity index (χ2v) is 4.20. The molecule has 3 heteroatoms. The number of hydrogen-bond donors (Lipinski definition) is 2. The molecule has 0 bridgehead atoms. The number of nitrogen functional groups attached to an aromatic ring is 1. The number of benzene rings is 1. The molecule has 2 aromatic rings. The number of pyridine rings is 1. The van der Waals surface area contributed by atoms with Gasteiger partial charge in [-0.1, -0.05) is 30.3 Å². The van der Waals surface area contributed by atoms with Crippen LogP contribution < -0.4 is 11.1 Å². The lowest BCUT2D eigenvalue weighted by Gasteiger charge is -2.16. The fourth-order valence-electron chi connectivity index (χ4n) is 1.82. The van der Waals surface area contributed by atoms with Gasteiger partial charge in [0.1, 0.15) is 0 Å². The molecule has 0 saturated carbocycles. The Bertz CT molecular complexity index is 468. The minimum atomic E-state index is 0.335. The molecule has 0 amide bonds. The van der Waals surface area contributed by atoms with E-state index in [9.17, 15) is 0 Å². The van der Waals surface area contributed by atoms with Crippen LogP contribution in [0.15, 0.2) is 48.8 Å². The number of nitrogens with zero attached hydrogens (tertiary/aromatic N) is 1. The second-order valence-electron chi connectivity index (χ2n) is 4.20. The van der Waals surface area contributed by atoms with E-state index in [0.717, 1.165) is 12.1 Å². The zero-order chi connectivity index (χ0) is 12.1. The van der Waals surface area contributed by atoms with E-state index in [2.05, 4.69) is 41.5 Å². The van der Waals surface area contributed by atoms with Crippen molar-refractivity contribution in [3.8, 4) is 0 Å². The molecule has 0 aliphatic rings. The summed E-state index contributed by atoms with van der Waals surface area (Å²) < 4.78 is 0. The molecular weight excluding hydrogens is 210 g/mol. The number of hydrogen-bond acceptors (Lipinski definition) is 3. The first-order valence-electron chi connectivity index (χ1n) is 5.75. The molecule has 0 aliphatic heterocycles. The van der Waals surface area contributed by atoms with Crippen LogP contribution in [0.5, 0.6) is 0 Å². The van der Waals surface area contributed by atoms with Crippen LogP contribution in [0.2, 0.25) is 0 Å². The third kappa shape index (κ3) is 3.21. The van der Waals surface area contributed by atoms with Crippen molar-refractivity contribution in [3.63, 3.8) is 0 Å². The molecule has 0 radical (unpaired) electrons. The number of nitrogens with one attached hydrogen (secondary N) is 1. The lowest BCUT2D eigenvalue weighted by atomic mass is 10.1. The number of anilines is 2. The largest absolute Gasteiger partial charge is 0.396 e. The monoisotopic (exact) mass is 227 g/mol. The van der Waals surface area contributed by atoms with E-state index in [0.29, 0.717) is 11.7 Å². The minimum Gasteiger partial charge on any atom is -0.396 e. The maximum atomic E-state index is 5.84. The molecule has 1 atom stereocenters. The molecule has 0 aliphatic carbocycles. The lowest BCUT2D eigenvalue weighted by Crippen LogP contribution is -2.18. The van der Waals surface area contributed by atoms with Gasteiger partial charge in [0.2, 0.25) is 0 Å². The predicted octanol–water partition coefficient (Wildman–Crippen LogP) is 2.71. The molecule has 2 rings (SSSR count). The summed E-state index contributed by atoms with van der Waals surface area (Å²) in [6, 6.07) is 12.6. The van der Waals surface area contributed by atoms with Gasteiger partial charge in [0.15, 0.2) is 0 Å². The zero-order valence-electron chi connectivity index (χ0n) is 9.93. The first-order chi connectivity index (χ1) is 8.25. The Kier molecular flexibility index (Phi) is 3.60. The van der Waals surface area contributed by atoms with Crippen LogP contribution in [0.1, 0.15) is 12.5 Å². The standard InChI is InChI=1S/C14H17N3/c1-11(9-12-5-3-2-4-6-12)17-14-7-8-16-10-13(14)15/h2-8,10-11H,9,15H2,1H3,(H,16,17)/t11-/m1/s1. The third-order valence-corrected chi connectivity index (χ3v) is 2.64. The highest BCUT2D eigenvalue weighted by Crippen LogP contribution is 2.17. The summed E-state index contributed by atoms with van der Waals surface area (Å²) >= 11 is 0. The van der Waals surface area contributed by atoms with Crippen LogP contribution in [0.4, 0.5) is 11.4 Å². The Morgan fingerprint density at radius 1 is 1.24 bits per heavy atom. The van der Waals surface area contributed by atoms with Crippen LogP contribution in [0.3, 0.4) is 0 Å². The fourth-order valence-corrected chi connectivity index (χ4v) is 1.82. The Morgan fingerprint density at radius 3 is 2.71 bits per heavy atom. The maximum Gasteiger partial charge on any atom is 0.0736 e. The molecule has 1 aromatic heterocycles. The number of rotatable bonds is 4. The smallest absolute Gasteiger partial charge is 0.0736 e. The third-order valence-electron chi connectivity index (χ3n) is 2.64. The van der Waals surface area contributed by atoms with Crippen LogP contribution in [0, 0.1) is 0 Å². The molecule has 3 nitrogen and oxygen atoms in total. The van der Waals surface area contributed by atoms with Gasteiger partial charge in [-0.3, -0.25) is 4.98 Å². The topological polar surface area (TPSA) is 50.9 Å². The average Bonchev–Trinajstić information content (AvgIpc) is 2.33. The first-order valence-corrected chi connectivity index (χ1v) is 5.75. The Morgan fingerprint density at radius 2 is 2.00 bits per heavy atom. The van der Waals surface area contributed by atoms with E-state index in [1.807, 2.05) is 12.1 Å². The zero-order valence-corrected chi connectivity index (χ0v) is 9.93. The molecule has 88 valence electrons. The van der Waals surface area contributed by atoms with Gasteiger partial charge in [0, 0.05) is 12.2 Å². The van der Waals surface area contributed by atoms with Crippen molar-refractivity contribution < 1.29 is 0 Å². The predicted molar refractivity (Wildman–Crippen MR) is 71.9 cm³/mol. The number of aromatic nitrogens is 1. The quantitative estimate of drug-likeness (QED) is 0.844. The Hall–Kier alpha value is -2.03. The van der Waals surface area contributed by atoms with Crippen molar-refractivity contribution in [1.29, 1.82) is 0 Å². The van der Waals surface area contributed by atoms with Gasteiger partial charge in [0.05, 0.1) is 17.6 Å². The highest BCUT2D eigenvalue weighted by atomic mass is 14.9. The summed E-state index contributed by atoms with van der Waals surface area (Å²) in [6.45, 7) is 2.15. The summed E-state index contributed by atoms with van der Waals surface area (Å²) in [6.07, 6.45) is 4.38. The highest BCUT2D eigenvalue weighted by molar-refractivity contribution is 5.64. The van der Waals surface area contributed by atoms with Gasteiger partial charge in [-0.25, -0.2) is 0 Å². The van der Waals surface area contributed by atoms with Crippen LogP contribution >= 0.6 is 0 Å². The fraction of sp³-hybridized carbons (Fsp3) is 0.214.